The average Bonchev–Trinajstić information content (AvgIpc) is 3.09. The molecule has 24 heavy (non-hydrogen) atoms. The standard InChI is InChI=1S/C18H24N4O2/c1-11-6-13-8-16(24-15(13)7-12(11)2)17(23)19-9-14-10-20-18(21(3)4)22(14)5/h6-7,10,16H,8-9H2,1-5H3,(H,19,23)/t16-/m0/s1. The van der Waals surface area contributed by atoms with Crippen LogP contribution in [-0.4, -0.2) is 35.7 Å². The molecule has 0 fully saturated rings. The number of hydrogen-bond acceptors (Lipinski definition) is 4. The highest BCUT2D eigenvalue weighted by atomic mass is 16.5. The molecule has 1 N–H and O–H groups in total. The second-order valence-corrected chi connectivity index (χ2v) is 6.58. The number of carbonyl (C=O) groups is 1. The van der Waals surface area contributed by atoms with Gasteiger partial charge in [0.25, 0.3) is 5.91 Å². The molecule has 0 radical (unpaired) electrons. The second kappa shape index (κ2) is 6.19. The summed E-state index contributed by atoms with van der Waals surface area (Å²) in [5, 5.41) is 2.95. The molecule has 0 bridgehead atoms. The third kappa shape index (κ3) is 2.96. The van der Waals surface area contributed by atoms with Crippen molar-refractivity contribution >= 4 is 11.9 Å². The van der Waals surface area contributed by atoms with E-state index in [1.807, 2.05) is 36.7 Å². The van der Waals surface area contributed by atoms with Crippen LogP contribution in [0.5, 0.6) is 5.75 Å². The Kier molecular flexibility index (Phi) is 4.22. The molecule has 2 aromatic rings. The van der Waals surface area contributed by atoms with Crippen LogP contribution in [0.25, 0.3) is 0 Å². The summed E-state index contributed by atoms with van der Waals surface area (Å²) in [6, 6.07) is 4.13. The molecular formula is C18H24N4O2. The molecule has 1 aromatic carbocycles. The quantitative estimate of drug-likeness (QED) is 0.928. The Bertz CT molecular complexity index is 749. The van der Waals surface area contributed by atoms with Gasteiger partial charge in [-0.25, -0.2) is 4.98 Å². The number of carbonyl (C=O) groups excluding carboxylic acids is 1. The van der Waals surface area contributed by atoms with Gasteiger partial charge in [-0.15, -0.1) is 0 Å². The van der Waals surface area contributed by atoms with Crippen molar-refractivity contribution in [3.05, 3.63) is 40.7 Å². The number of nitrogens with zero attached hydrogens (tertiary/aromatic N) is 3. The van der Waals surface area contributed by atoms with E-state index < -0.39 is 6.10 Å². The number of benzene rings is 1. The van der Waals surface area contributed by atoms with E-state index in [9.17, 15) is 4.79 Å². The van der Waals surface area contributed by atoms with Crippen molar-refractivity contribution in [1.82, 2.24) is 14.9 Å². The maximum absolute atomic E-state index is 12.4. The fourth-order valence-electron chi connectivity index (χ4n) is 2.96. The number of amides is 1. The highest BCUT2D eigenvalue weighted by Gasteiger charge is 2.29. The Morgan fingerprint density at radius 2 is 2.08 bits per heavy atom. The first-order chi connectivity index (χ1) is 11.4. The predicted molar refractivity (Wildman–Crippen MR) is 93.4 cm³/mol. The van der Waals surface area contributed by atoms with Crippen LogP contribution in [0, 0.1) is 13.8 Å². The largest absolute Gasteiger partial charge is 0.480 e. The molecule has 6 nitrogen and oxygen atoms in total. The molecule has 0 spiro atoms. The van der Waals surface area contributed by atoms with Gasteiger partial charge in [0.2, 0.25) is 5.95 Å². The Balaban J connectivity index is 1.63. The lowest BCUT2D eigenvalue weighted by molar-refractivity contribution is -0.127. The molecule has 1 aliphatic rings. The van der Waals surface area contributed by atoms with E-state index in [4.69, 9.17) is 4.74 Å². The first kappa shape index (κ1) is 16.4. The minimum atomic E-state index is -0.456. The Morgan fingerprint density at radius 3 is 2.75 bits per heavy atom. The van der Waals surface area contributed by atoms with E-state index in [-0.39, 0.29) is 5.91 Å². The molecule has 6 heteroatoms. The molecule has 128 valence electrons. The van der Waals surface area contributed by atoms with Gasteiger partial charge in [-0.1, -0.05) is 6.07 Å². The molecule has 0 saturated carbocycles. The summed E-state index contributed by atoms with van der Waals surface area (Å²) in [5.41, 5.74) is 4.47. The number of rotatable bonds is 4. The van der Waals surface area contributed by atoms with Crippen LogP contribution < -0.4 is 15.0 Å². The summed E-state index contributed by atoms with van der Waals surface area (Å²) in [5.74, 6) is 1.59. The van der Waals surface area contributed by atoms with E-state index in [2.05, 4.69) is 30.2 Å². The van der Waals surface area contributed by atoms with E-state index in [0.29, 0.717) is 13.0 Å². The van der Waals surface area contributed by atoms with Crippen molar-refractivity contribution in [2.45, 2.75) is 32.9 Å². The zero-order valence-electron chi connectivity index (χ0n) is 14.9. The Hall–Kier alpha value is -2.50. The van der Waals surface area contributed by atoms with Crippen LogP contribution >= 0.6 is 0 Å². The van der Waals surface area contributed by atoms with E-state index in [0.717, 1.165) is 23.0 Å². The average molecular weight is 328 g/mol. The van der Waals surface area contributed by atoms with Crippen molar-refractivity contribution < 1.29 is 9.53 Å². The summed E-state index contributed by atoms with van der Waals surface area (Å²) in [6.45, 7) is 4.56. The van der Waals surface area contributed by atoms with Crippen molar-refractivity contribution in [3.8, 4) is 5.75 Å². The fourth-order valence-corrected chi connectivity index (χ4v) is 2.96. The van der Waals surface area contributed by atoms with Gasteiger partial charge in [0, 0.05) is 27.6 Å². The number of aromatic nitrogens is 2. The minimum absolute atomic E-state index is 0.0888. The van der Waals surface area contributed by atoms with Gasteiger partial charge in [0.15, 0.2) is 6.10 Å². The zero-order chi connectivity index (χ0) is 17.4. The SMILES string of the molecule is Cc1cc2c(cc1C)O[C@H](C(=O)NCc1cnc(N(C)C)n1C)C2. The van der Waals surface area contributed by atoms with Crippen LogP contribution in [0.1, 0.15) is 22.4 Å². The van der Waals surface area contributed by atoms with Gasteiger partial charge >= 0.3 is 0 Å². The summed E-state index contributed by atoms with van der Waals surface area (Å²) in [4.78, 5) is 18.7. The van der Waals surface area contributed by atoms with Crippen molar-refractivity contribution in [2.24, 2.45) is 7.05 Å². The smallest absolute Gasteiger partial charge is 0.261 e. The summed E-state index contributed by atoms with van der Waals surface area (Å²) < 4.78 is 7.79. The molecule has 2 heterocycles. The summed E-state index contributed by atoms with van der Waals surface area (Å²) >= 11 is 0. The number of aryl methyl sites for hydroxylation is 2. The summed E-state index contributed by atoms with van der Waals surface area (Å²) in [6.07, 6.45) is 1.95. The number of fused-ring (bicyclic) bond motifs is 1. The van der Waals surface area contributed by atoms with E-state index in [1.54, 1.807) is 6.20 Å². The second-order valence-electron chi connectivity index (χ2n) is 6.58. The van der Waals surface area contributed by atoms with Crippen LogP contribution in [0.15, 0.2) is 18.3 Å². The van der Waals surface area contributed by atoms with Gasteiger partial charge in [0.1, 0.15) is 5.75 Å². The Labute approximate surface area is 142 Å². The lowest BCUT2D eigenvalue weighted by atomic mass is 10.0. The molecule has 0 unspecified atom stereocenters. The zero-order valence-corrected chi connectivity index (χ0v) is 14.9. The maximum Gasteiger partial charge on any atom is 0.261 e. The van der Waals surface area contributed by atoms with Crippen LogP contribution in [0.4, 0.5) is 5.95 Å². The minimum Gasteiger partial charge on any atom is -0.480 e. The van der Waals surface area contributed by atoms with Gasteiger partial charge in [0.05, 0.1) is 18.4 Å². The molecule has 0 aliphatic carbocycles. The van der Waals surface area contributed by atoms with E-state index in [1.165, 1.54) is 11.1 Å². The molecule has 1 aliphatic heterocycles. The highest BCUT2D eigenvalue weighted by molar-refractivity contribution is 5.82. The molecule has 1 aromatic heterocycles. The van der Waals surface area contributed by atoms with Crippen LogP contribution in [0.3, 0.4) is 0 Å². The van der Waals surface area contributed by atoms with Crippen molar-refractivity contribution in [3.63, 3.8) is 0 Å². The normalized spacial score (nSPS) is 15.8. The molecular weight excluding hydrogens is 304 g/mol. The van der Waals surface area contributed by atoms with Crippen LogP contribution in [0.2, 0.25) is 0 Å². The number of anilines is 1. The first-order valence-electron chi connectivity index (χ1n) is 8.09. The highest BCUT2D eigenvalue weighted by Crippen LogP contribution is 2.31. The van der Waals surface area contributed by atoms with Crippen LogP contribution in [-0.2, 0) is 24.8 Å². The van der Waals surface area contributed by atoms with E-state index >= 15 is 0 Å². The van der Waals surface area contributed by atoms with Crippen molar-refractivity contribution in [2.75, 3.05) is 19.0 Å². The molecule has 0 saturated heterocycles. The van der Waals surface area contributed by atoms with Gasteiger partial charge in [-0.2, -0.15) is 0 Å². The lowest BCUT2D eigenvalue weighted by Gasteiger charge is -2.14. The van der Waals surface area contributed by atoms with Gasteiger partial charge < -0.3 is 19.5 Å². The lowest BCUT2D eigenvalue weighted by Crippen LogP contribution is -2.37. The summed E-state index contributed by atoms with van der Waals surface area (Å²) in [7, 11) is 5.83. The molecule has 1 amide bonds. The maximum atomic E-state index is 12.4. The van der Waals surface area contributed by atoms with Gasteiger partial charge in [-0.3, -0.25) is 4.79 Å². The topological polar surface area (TPSA) is 59.4 Å². The monoisotopic (exact) mass is 328 g/mol. The Morgan fingerprint density at radius 1 is 1.38 bits per heavy atom. The first-order valence-corrected chi connectivity index (χ1v) is 8.09. The molecule has 3 rings (SSSR count). The van der Waals surface area contributed by atoms with Gasteiger partial charge in [-0.05, 0) is 36.6 Å². The number of imidazole rings is 1. The number of hydrogen-bond donors (Lipinski definition) is 1. The van der Waals surface area contributed by atoms with Crippen molar-refractivity contribution in [1.29, 1.82) is 0 Å². The third-order valence-electron chi connectivity index (χ3n) is 4.55. The third-order valence-corrected chi connectivity index (χ3v) is 4.55. The number of ether oxygens (including phenoxy) is 1. The fraction of sp³-hybridized carbons (Fsp3) is 0.444. The molecule has 1 atom stereocenters. The number of nitrogens with one attached hydrogen (secondary N) is 1. The predicted octanol–water partition coefficient (Wildman–Crippen LogP) is 1.72.